The summed E-state index contributed by atoms with van der Waals surface area (Å²) >= 11 is 9.29. The smallest absolute Gasteiger partial charge is 0.152 e. The van der Waals surface area contributed by atoms with Gasteiger partial charge >= 0.3 is 0 Å². The van der Waals surface area contributed by atoms with Crippen LogP contribution in [-0.4, -0.2) is 36.7 Å². The molecule has 0 N–H and O–H groups in total. The third-order valence-corrected chi connectivity index (χ3v) is 6.49. The van der Waals surface area contributed by atoms with Crippen LogP contribution in [0.1, 0.15) is 53.4 Å². The second-order valence-corrected chi connectivity index (χ2v) is 9.23. The number of carbonyl (C=O) groups excluding carboxylic acids is 2. The number of benzene rings is 2. The fourth-order valence-electron chi connectivity index (χ4n) is 4.28. The van der Waals surface area contributed by atoms with Gasteiger partial charge in [0, 0.05) is 34.0 Å². The number of hydrogen-bond acceptors (Lipinski definition) is 4. The number of anilines is 2. The molecule has 2 aliphatic heterocycles. The first kappa shape index (κ1) is 26.4. The topological polar surface area (TPSA) is 40.6 Å². The summed E-state index contributed by atoms with van der Waals surface area (Å²) in [6, 6.07) is 16.0. The van der Waals surface area contributed by atoms with Gasteiger partial charge in [0.1, 0.15) is 0 Å². The highest BCUT2D eigenvalue weighted by atomic mass is 79.9. The molecule has 2 heterocycles. The molecule has 0 saturated carbocycles. The Labute approximate surface area is 206 Å². The van der Waals surface area contributed by atoms with Gasteiger partial charge in [-0.3, -0.25) is 9.59 Å². The summed E-state index contributed by atoms with van der Waals surface area (Å²) in [5, 5.41) is 0.734. The van der Waals surface area contributed by atoms with Crippen molar-refractivity contribution in [3.05, 3.63) is 58.0 Å². The average Bonchev–Trinajstić information content (AvgIpc) is 3.46. The quantitative estimate of drug-likeness (QED) is 0.437. The van der Waals surface area contributed by atoms with E-state index >= 15 is 0 Å². The van der Waals surface area contributed by atoms with Crippen molar-refractivity contribution in [3.63, 3.8) is 0 Å². The van der Waals surface area contributed by atoms with Crippen LogP contribution < -0.4 is 9.80 Å². The van der Waals surface area contributed by atoms with Crippen LogP contribution >= 0.6 is 27.5 Å². The van der Waals surface area contributed by atoms with Crippen molar-refractivity contribution < 1.29 is 9.59 Å². The Balaban J connectivity index is 0.000000211. The molecule has 0 aromatic heterocycles. The minimum absolute atomic E-state index is 0.0613. The monoisotopic (exact) mass is 520 g/mol. The van der Waals surface area contributed by atoms with Crippen LogP contribution in [0.5, 0.6) is 0 Å². The van der Waals surface area contributed by atoms with Gasteiger partial charge in [-0.2, -0.15) is 0 Å². The van der Waals surface area contributed by atoms with E-state index in [2.05, 4.69) is 37.9 Å². The molecule has 4 nitrogen and oxygen atoms in total. The van der Waals surface area contributed by atoms with Gasteiger partial charge in [0.25, 0.3) is 0 Å². The first-order chi connectivity index (χ1) is 15.4. The second-order valence-electron chi connectivity index (χ2n) is 7.88. The molecule has 0 amide bonds. The summed E-state index contributed by atoms with van der Waals surface area (Å²) in [5.74, 6) is 0.523. The van der Waals surface area contributed by atoms with E-state index in [1.165, 1.54) is 0 Å². The van der Waals surface area contributed by atoms with Crippen molar-refractivity contribution in [3.8, 4) is 0 Å². The summed E-state index contributed by atoms with van der Waals surface area (Å²) in [6.45, 7) is 9.30. The molecule has 2 aromatic rings. The average molecular weight is 522 g/mol. The number of carbonyl (C=O) groups is 2. The van der Waals surface area contributed by atoms with E-state index in [0.717, 1.165) is 59.6 Å². The van der Waals surface area contributed by atoms with Gasteiger partial charge in [-0.15, -0.1) is 0 Å². The molecular weight excluding hydrogens is 488 g/mol. The van der Waals surface area contributed by atoms with Crippen LogP contribution in [0.15, 0.2) is 53.0 Å². The largest absolute Gasteiger partial charge is 0.361 e. The van der Waals surface area contributed by atoms with Gasteiger partial charge in [-0.1, -0.05) is 47.4 Å². The Morgan fingerprint density at radius 2 is 1.34 bits per heavy atom. The predicted octanol–water partition coefficient (Wildman–Crippen LogP) is 6.93. The number of Topliss-reactive ketones (excluding diaryl/α,β-unsaturated/α-hetero) is 2. The zero-order valence-electron chi connectivity index (χ0n) is 19.5. The number of ketones is 2. The van der Waals surface area contributed by atoms with Gasteiger partial charge < -0.3 is 9.80 Å². The first-order valence-electron chi connectivity index (χ1n) is 11.4. The maximum atomic E-state index is 11.5. The van der Waals surface area contributed by atoms with Crippen LogP contribution in [0.25, 0.3) is 0 Å². The minimum Gasteiger partial charge on any atom is -0.361 e. The Morgan fingerprint density at radius 3 is 1.81 bits per heavy atom. The first-order valence-corrected chi connectivity index (χ1v) is 12.6. The molecule has 32 heavy (non-hydrogen) atoms. The van der Waals surface area contributed by atoms with Crippen LogP contribution in [0.4, 0.5) is 11.4 Å². The molecule has 2 aromatic carbocycles. The van der Waals surface area contributed by atoms with E-state index in [0.29, 0.717) is 0 Å². The molecule has 2 aliphatic rings. The summed E-state index contributed by atoms with van der Waals surface area (Å²) in [4.78, 5) is 27.3. The second kappa shape index (κ2) is 13.0. The van der Waals surface area contributed by atoms with E-state index in [1.807, 2.05) is 50.2 Å². The number of hydrogen-bond donors (Lipinski definition) is 0. The van der Waals surface area contributed by atoms with Gasteiger partial charge in [0.2, 0.25) is 0 Å². The highest BCUT2D eigenvalue weighted by Crippen LogP contribution is 2.28. The SMILES string of the molecule is CC.CC(=O)C1CCCN1c1ccc(Cl)cc1.CC(=O)C1CCCN1c1cccc(Br)c1. The van der Waals surface area contributed by atoms with Crippen LogP contribution in [-0.2, 0) is 9.59 Å². The molecule has 0 bridgehead atoms. The van der Waals surface area contributed by atoms with Crippen molar-refractivity contribution in [2.24, 2.45) is 0 Å². The lowest BCUT2D eigenvalue weighted by atomic mass is 10.1. The Morgan fingerprint density at radius 1 is 0.844 bits per heavy atom. The van der Waals surface area contributed by atoms with E-state index in [4.69, 9.17) is 11.6 Å². The fourth-order valence-corrected chi connectivity index (χ4v) is 4.80. The molecule has 174 valence electrons. The standard InChI is InChI=1S/C12H14BrNO.C12H14ClNO.C2H6/c1-9(15)12-6-3-7-14(12)11-5-2-4-10(13)8-11;1-9(15)12-3-2-8-14(12)11-6-4-10(13)5-7-11;1-2/h2,4-5,8,12H,3,6-7H2,1H3;4-7,12H,2-3,8H2,1H3;1-2H3. The van der Waals surface area contributed by atoms with Gasteiger partial charge in [0.15, 0.2) is 11.6 Å². The zero-order chi connectivity index (χ0) is 23.7. The molecule has 6 heteroatoms. The van der Waals surface area contributed by atoms with Crippen LogP contribution in [0.3, 0.4) is 0 Å². The maximum Gasteiger partial charge on any atom is 0.152 e. The summed E-state index contributed by atoms with van der Waals surface area (Å²) in [5.41, 5.74) is 2.24. The Kier molecular flexibility index (Phi) is 10.7. The molecule has 2 fully saturated rings. The number of nitrogens with zero attached hydrogens (tertiary/aromatic N) is 2. The lowest BCUT2D eigenvalue weighted by Gasteiger charge is -2.24. The van der Waals surface area contributed by atoms with Crippen molar-refractivity contribution in [1.82, 2.24) is 0 Å². The van der Waals surface area contributed by atoms with Gasteiger partial charge in [-0.25, -0.2) is 0 Å². The van der Waals surface area contributed by atoms with E-state index in [9.17, 15) is 9.59 Å². The minimum atomic E-state index is 0.0613. The number of halogens is 2. The van der Waals surface area contributed by atoms with E-state index < -0.39 is 0 Å². The number of rotatable bonds is 4. The van der Waals surface area contributed by atoms with Crippen molar-refractivity contribution >= 4 is 50.5 Å². The van der Waals surface area contributed by atoms with Crippen molar-refractivity contribution in [2.45, 2.75) is 65.5 Å². The van der Waals surface area contributed by atoms with Crippen molar-refractivity contribution in [2.75, 3.05) is 22.9 Å². The Hall–Kier alpha value is -1.85. The van der Waals surface area contributed by atoms with Crippen LogP contribution in [0, 0.1) is 0 Å². The predicted molar refractivity (Wildman–Crippen MR) is 139 cm³/mol. The molecule has 2 atom stereocenters. The molecule has 2 unspecified atom stereocenters. The van der Waals surface area contributed by atoms with Crippen LogP contribution in [0.2, 0.25) is 5.02 Å². The molecule has 0 aliphatic carbocycles. The molecule has 0 spiro atoms. The Bertz CT molecular complexity index is 888. The molecular formula is C26H34BrClN2O2. The molecule has 0 radical (unpaired) electrons. The third kappa shape index (κ3) is 7.08. The van der Waals surface area contributed by atoms with E-state index in [-0.39, 0.29) is 23.7 Å². The summed E-state index contributed by atoms with van der Waals surface area (Å²) in [6.07, 6.45) is 4.16. The van der Waals surface area contributed by atoms with Gasteiger partial charge in [0.05, 0.1) is 12.1 Å². The summed E-state index contributed by atoms with van der Waals surface area (Å²) in [7, 11) is 0. The van der Waals surface area contributed by atoms with Gasteiger partial charge in [-0.05, 0) is 82.0 Å². The van der Waals surface area contributed by atoms with Crippen molar-refractivity contribution in [1.29, 1.82) is 0 Å². The summed E-state index contributed by atoms with van der Waals surface area (Å²) < 4.78 is 1.06. The highest BCUT2D eigenvalue weighted by molar-refractivity contribution is 9.10. The lowest BCUT2D eigenvalue weighted by Crippen LogP contribution is -2.34. The fraction of sp³-hybridized carbons (Fsp3) is 0.462. The maximum absolute atomic E-state index is 11.5. The zero-order valence-corrected chi connectivity index (χ0v) is 21.8. The molecule has 4 rings (SSSR count). The lowest BCUT2D eigenvalue weighted by molar-refractivity contribution is -0.118. The highest BCUT2D eigenvalue weighted by Gasteiger charge is 2.28. The normalized spacial score (nSPS) is 19.6. The van der Waals surface area contributed by atoms with E-state index in [1.54, 1.807) is 13.8 Å². The third-order valence-electron chi connectivity index (χ3n) is 5.74. The molecule has 2 saturated heterocycles.